The molecular formula is C18H22N4O2. The SMILES string of the molecule is O=C(c1ccn[nH]1)N1CCOC2(CCCN(c3ccccc3)C2)C1. The van der Waals surface area contributed by atoms with Crippen molar-refractivity contribution < 1.29 is 9.53 Å². The Kier molecular flexibility index (Phi) is 3.98. The molecule has 0 saturated carbocycles. The highest BCUT2D eigenvalue weighted by Crippen LogP contribution is 2.32. The highest BCUT2D eigenvalue weighted by Gasteiger charge is 2.42. The number of anilines is 1. The molecule has 4 rings (SSSR count). The molecule has 2 fully saturated rings. The van der Waals surface area contributed by atoms with E-state index >= 15 is 0 Å². The van der Waals surface area contributed by atoms with Gasteiger partial charge in [-0.2, -0.15) is 5.10 Å². The van der Waals surface area contributed by atoms with Crippen LogP contribution in [0.15, 0.2) is 42.6 Å². The summed E-state index contributed by atoms with van der Waals surface area (Å²) < 4.78 is 6.19. The van der Waals surface area contributed by atoms with Crippen molar-refractivity contribution in [3.8, 4) is 0 Å². The van der Waals surface area contributed by atoms with Gasteiger partial charge >= 0.3 is 0 Å². The van der Waals surface area contributed by atoms with Crippen molar-refractivity contribution >= 4 is 11.6 Å². The number of hydrogen-bond donors (Lipinski definition) is 1. The van der Waals surface area contributed by atoms with E-state index in [0.29, 0.717) is 25.4 Å². The van der Waals surface area contributed by atoms with E-state index in [4.69, 9.17) is 4.74 Å². The minimum absolute atomic E-state index is 0.00649. The van der Waals surface area contributed by atoms with Crippen LogP contribution in [0.1, 0.15) is 23.3 Å². The van der Waals surface area contributed by atoms with Crippen molar-refractivity contribution in [1.29, 1.82) is 0 Å². The van der Waals surface area contributed by atoms with Gasteiger partial charge in [0.25, 0.3) is 5.91 Å². The fourth-order valence-electron chi connectivity index (χ4n) is 3.77. The number of morpholine rings is 1. The fourth-order valence-corrected chi connectivity index (χ4v) is 3.77. The Labute approximate surface area is 141 Å². The average molecular weight is 326 g/mol. The van der Waals surface area contributed by atoms with E-state index in [1.807, 2.05) is 11.0 Å². The molecule has 1 atom stereocenters. The summed E-state index contributed by atoms with van der Waals surface area (Å²) in [5, 5.41) is 6.65. The number of ether oxygens (including phenoxy) is 1. The van der Waals surface area contributed by atoms with Crippen molar-refractivity contribution in [2.24, 2.45) is 0 Å². The standard InChI is InChI=1S/C18H22N4O2/c23-17(16-7-9-19-20-16)22-11-12-24-18(14-22)8-4-10-21(13-18)15-5-2-1-3-6-15/h1-3,5-7,9H,4,8,10-14H2,(H,19,20). The molecule has 2 aliphatic rings. The van der Waals surface area contributed by atoms with Crippen LogP contribution in [0, 0.1) is 0 Å². The van der Waals surface area contributed by atoms with Gasteiger partial charge in [0.15, 0.2) is 0 Å². The van der Waals surface area contributed by atoms with Crippen molar-refractivity contribution in [2.75, 3.05) is 37.7 Å². The summed E-state index contributed by atoms with van der Waals surface area (Å²) in [5.41, 5.74) is 1.49. The van der Waals surface area contributed by atoms with Gasteiger partial charge in [-0.05, 0) is 31.0 Å². The Morgan fingerprint density at radius 1 is 1.17 bits per heavy atom. The lowest BCUT2D eigenvalue weighted by Crippen LogP contribution is -2.60. The summed E-state index contributed by atoms with van der Waals surface area (Å²) in [5.74, 6) is 0.00649. The number of amides is 1. The number of carbonyl (C=O) groups excluding carboxylic acids is 1. The third-order valence-electron chi connectivity index (χ3n) is 4.93. The Bertz CT molecular complexity index is 684. The zero-order chi connectivity index (χ0) is 16.4. The number of piperidine rings is 1. The molecule has 1 spiro atoms. The van der Waals surface area contributed by atoms with Crippen molar-refractivity contribution in [3.05, 3.63) is 48.3 Å². The Morgan fingerprint density at radius 2 is 2.04 bits per heavy atom. The minimum atomic E-state index is -0.276. The molecule has 3 heterocycles. The molecule has 1 unspecified atom stereocenters. The lowest BCUT2D eigenvalue weighted by Gasteiger charge is -2.48. The van der Waals surface area contributed by atoms with E-state index in [0.717, 1.165) is 25.9 Å². The number of hydrogen-bond acceptors (Lipinski definition) is 4. The molecule has 126 valence electrons. The van der Waals surface area contributed by atoms with Gasteiger partial charge in [-0.15, -0.1) is 0 Å². The summed E-state index contributed by atoms with van der Waals surface area (Å²) in [6.45, 7) is 3.70. The van der Waals surface area contributed by atoms with Gasteiger partial charge in [-0.1, -0.05) is 18.2 Å². The van der Waals surface area contributed by atoms with Crippen LogP contribution in [0.2, 0.25) is 0 Å². The molecule has 2 aliphatic heterocycles. The number of benzene rings is 1. The number of H-pyrrole nitrogens is 1. The number of carbonyl (C=O) groups is 1. The van der Waals surface area contributed by atoms with E-state index in [9.17, 15) is 4.79 Å². The van der Waals surface area contributed by atoms with Crippen LogP contribution in [0.25, 0.3) is 0 Å². The third kappa shape index (κ3) is 2.89. The first kappa shape index (κ1) is 15.2. The van der Waals surface area contributed by atoms with Gasteiger partial charge in [0.2, 0.25) is 0 Å². The summed E-state index contributed by atoms with van der Waals surface area (Å²) in [7, 11) is 0. The van der Waals surface area contributed by atoms with Crippen molar-refractivity contribution in [3.63, 3.8) is 0 Å². The van der Waals surface area contributed by atoms with Crippen LogP contribution < -0.4 is 4.90 Å². The van der Waals surface area contributed by atoms with Gasteiger partial charge in [-0.3, -0.25) is 9.89 Å². The summed E-state index contributed by atoms with van der Waals surface area (Å²) in [6, 6.07) is 12.1. The van der Waals surface area contributed by atoms with Crippen LogP contribution in [0.3, 0.4) is 0 Å². The summed E-state index contributed by atoms with van der Waals surface area (Å²) >= 11 is 0. The zero-order valence-corrected chi connectivity index (χ0v) is 13.6. The van der Waals surface area contributed by atoms with E-state index in [-0.39, 0.29) is 11.5 Å². The Hall–Kier alpha value is -2.34. The van der Waals surface area contributed by atoms with Gasteiger partial charge < -0.3 is 14.5 Å². The topological polar surface area (TPSA) is 61.5 Å². The molecule has 6 nitrogen and oxygen atoms in total. The molecule has 6 heteroatoms. The molecule has 0 bridgehead atoms. The molecule has 1 N–H and O–H groups in total. The van der Waals surface area contributed by atoms with E-state index < -0.39 is 0 Å². The van der Waals surface area contributed by atoms with Crippen molar-refractivity contribution in [1.82, 2.24) is 15.1 Å². The molecule has 0 aliphatic carbocycles. The first-order valence-electron chi connectivity index (χ1n) is 8.48. The van der Waals surface area contributed by atoms with Crippen LogP contribution in [-0.4, -0.2) is 59.4 Å². The lowest BCUT2D eigenvalue weighted by atomic mass is 9.90. The average Bonchev–Trinajstić information content (AvgIpc) is 3.17. The molecule has 1 amide bonds. The molecule has 1 aromatic heterocycles. The number of nitrogens with zero attached hydrogens (tertiary/aromatic N) is 3. The second kappa shape index (κ2) is 6.28. The third-order valence-corrected chi connectivity index (χ3v) is 4.93. The smallest absolute Gasteiger partial charge is 0.272 e. The van der Waals surface area contributed by atoms with Gasteiger partial charge in [-0.25, -0.2) is 0 Å². The maximum atomic E-state index is 12.6. The normalized spacial score (nSPS) is 24.3. The van der Waals surface area contributed by atoms with Gasteiger partial charge in [0.05, 0.1) is 13.2 Å². The van der Waals surface area contributed by atoms with E-state index in [1.165, 1.54) is 5.69 Å². The second-order valence-corrected chi connectivity index (χ2v) is 6.59. The van der Waals surface area contributed by atoms with E-state index in [1.54, 1.807) is 12.3 Å². The lowest BCUT2D eigenvalue weighted by molar-refractivity contribution is -0.105. The largest absolute Gasteiger partial charge is 0.369 e. The maximum Gasteiger partial charge on any atom is 0.272 e. The van der Waals surface area contributed by atoms with Crippen LogP contribution >= 0.6 is 0 Å². The summed E-state index contributed by atoms with van der Waals surface area (Å²) in [4.78, 5) is 16.9. The number of para-hydroxylation sites is 1. The molecule has 2 aromatic rings. The quantitative estimate of drug-likeness (QED) is 0.916. The van der Waals surface area contributed by atoms with Crippen molar-refractivity contribution in [2.45, 2.75) is 18.4 Å². The first-order chi connectivity index (χ1) is 11.8. The molecular weight excluding hydrogens is 304 g/mol. The molecule has 24 heavy (non-hydrogen) atoms. The Morgan fingerprint density at radius 3 is 2.83 bits per heavy atom. The van der Waals surface area contributed by atoms with Crippen LogP contribution in [0.5, 0.6) is 0 Å². The highest BCUT2D eigenvalue weighted by atomic mass is 16.5. The fraction of sp³-hybridized carbons (Fsp3) is 0.444. The first-order valence-corrected chi connectivity index (χ1v) is 8.48. The second-order valence-electron chi connectivity index (χ2n) is 6.59. The molecule has 1 aromatic carbocycles. The predicted octanol–water partition coefficient (Wildman–Crippen LogP) is 1.92. The van der Waals surface area contributed by atoms with E-state index in [2.05, 4.69) is 39.4 Å². The zero-order valence-electron chi connectivity index (χ0n) is 13.6. The van der Waals surface area contributed by atoms with Gasteiger partial charge in [0.1, 0.15) is 11.3 Å². The van der Waals surface area contributed by atoms with Crippen LogP contribution in [-0.2, 0) is 4.74 Å². The maximum absolute atomic E-state index is 12.6. The number of aromatic amines is 1. The molecule has 0 radical (unpaired) electrons. The minimum Gasteiger partial charge on any atom is -0.369 e. The monoisotopic (exact) mass is 326 g/mol. The summed E-state index contributed by atoms with van der Waals surface area (Å²) in [6.07, 6.45) is 3.67. The molecule has 2 saturated heterocycles. The van der Waals surface area contributed by atoms with Crippen LogP contribution in [0.4, 0.5) is 5.69 Å². The van der Waals surface area contributed by atoms with Gasteiger partial charge in [0, 0.05) is 31.5 Å². The number of rotatable bonds is 2. The highest BCUT2D eigenvalue weighted by molar-refractivity contribution is 5.92. The number of nitrogens with one attached hydrogen (secondary N) is 1. The number of aromatic nitrogens is 2. The predicted molar refractivity (Wildman–Crippen MR) is 91.1 cm³/mol. The Balaban J connectivity index is 1.50.